The molecule has 3 heterocycles. The summed E-state index contributed by atoms with van der Waals surface area (Å²) in [6.45, 7) is 0.337. The van der Waals surface area contributed by atoms with Crippen LogP contribution in [0.4, 0.5) is 9.59 Å². The Labute approximate surface area is 125 Å². The van der Waals surface area contributed by atoms with E-state index in [1.165, 1.54) is 0 Å². The Balaban J connectivity index is 1.45. The van der Waals surface area contributed by atoms with E-state index < -0.39 is 18.4 Å². The Morgan fingerprint density at radius 3 is 2.64 bits per heavy atom. The van der Waals surface area contributed by atoms with Crippen LogP contribution in [-0.2, 0) is 30.1 Å². The van der Waals surface area contributed by atoms with Gasteiger partial charge in [-0.2, -0.15) is 0 Å². The Hall–Kier alpha value is -2.28. The minimum Gasteiger partial charge on any atom is -0.426 e. The van der Waals surface area contributed by atoms with E-state index in [9.17, 15) is 9.59 Å². The first-order valence-corrected chi connectivity index (χ1v) is 7.18. The summed E-state index contributed by atoms with van der Waals surface area (Å²) < 4.78 is 26.2. The summed E-state index contributed by atoms with van der Waals surface area (Å²) in [5, 5.41) is 0. The molecule has 1 aromatic rings. The van der Waals surface area contributed by atoms with Gasteiger partial charge in [-0.1, -0.05) is 18.2 Å². The van der Waals surface area contributed by atoms with Gasteiger partial charge in [-0.05, 0) is 16.7 Å². The lowest BCUT2D eigenvalue weighted by Gasteiger charge is -2.16. The molecule has 0 N–H and O–H groups in total. The second-order valence-electron chi connectivity index (χ2n) is 5.85. The normalized spacial score (nSPS) is 37.7. The molecule has 0 saturated carbocycles. The zero-order chi connectivity index (χ0) is 14.8. The molecule has 0 radical (unpaired) electrons. The quantitative estimate of drug-likeness (QED) is 0.732. The molecule has 7 nitrogen and oxygen atoms in total. The average Bonchev–Trinajstić information content (AvgIpc) is 3.17. The van der Waals surface area contributed by atoms with Crippen LogP contribution in [0.1, 0.15) is 28.9 Å². The van der Waals surface area contributed by atoms with E-state index in [-0.39, 0.29) is 24.4 Å². The molecule has 0 aromatic heterocycles. The lowest BCUT2D eigenvalue weighted by Crippen LogP contribution is -2.22. The number of rotatable bonds is 1. The molecular formula is C15H12O7. The number of fused-ring (bicyclic) bond motifs is 4. The van der Waals surface area contributed by atoms with Gasteiger partial charge in [0.2, 0.25) is 0 Å². The van der Waals surface area contributed by atoms with Crippen molar-refractivity contribution in [1.29, 1.82) is 0 Å². The number of ether oxygens (including phenoxy) is 5. The Morgan fingerprint density at radius 2 is 1.73 bits per heavy atom. The average molecular weight is 304 g/mol. The van der Waals surface area contributed by atoms with Crippen LogP contribution >= 0.6 is 0 Å². The second-order valence-corrected chi connectivity index (χ2v) is 5.85. The Morgan fingerprint density at radius 1 is 0.909 bits per heavy atom. The van der Waals surface area contributed by atoms with Gasteiger partial charge in [-0.15, -0.1) is 0 Å². The number of carbonyl (C=O) groups is 2. The molecule has 3 fully saturated rings. The SMILES string of the molecule is O=C1OC2Cc3cc(C4OCC5OC(=O)OC54)ccc3C2O1. The van der Waals surface area contributed by atoms with Gasteiger partial charge >= 0.3 is 12.3 Å². The zero-order valence-electron chi connectivity index (χ0n) is 11.4. The zero-order valence-corrected chi connectivity index (χ0v) is 11.4. The first kappa shape index (κ1) is 12.3. The van der Waals surface area contributed by atoms with Crippen LogP contribution in [0.3, 0.4) is 0 Å². The van der Waals surface area contributed by atoms with Gasteiger partial charge in [0.05, 0.1) is 6.61 Å². The van der Waals surface area contributed by atoms with Crippen LogP contribution < -0.4 is 0 Å². The molecule has 3 saturated heterocycles. The maximum absolute atomic E-state index is 11.2. The molecule has 5 rings (SSSR count). The van der Waals surface area contributed by atoms with Gasteiger partial charge in [0.25, 0.3) is 0 Å². The topological polar surface area (TPSA) is 80.3 Å². The van der Waals surface area contributed by atoms with Gasteiger partial charge in [0, 0.05) is 6.42 Å². The van der Waals surface area contributed by atoms with E-state index in [1.807, 2.05) is 18.2 Å². The van der Waals surface area contributed by atoms with E-state index >= 15 is 0 Å². The minimum atomic E-state index is -0.640. The number of carbonyl (C=O) groups excluding carboxylic acids is 2. The molecule has 7 heteroatoms. The van der Waals surface area contributed by atoms with Crippen LogP contribution in [0, 0.1) is 0 Å². The van der Waals surface area contributed by atoms with E-state index in [0.29, 0.717) is 13.0 Å². The fourth-order valence-corrected chi connectivity index (χ4v) is 3.65. The monoisotopic (exact) mass is 304 g/mol. The molecule has 0 amide bonds. The third-order valence-corrected chi connectivity index (χ3v) is 4.62. The summed E-state index contributed by atoms with van der Waals surface area (Å²) in [5.41, 5.74) is 2.96. The van der Waals surface area contributed by atoms with Gasteiger partial charge < -0.3 is 23.7 Å². The van der Waals surface area contributed by atoms with Crippen LogP contribution in [0.25, 0.3) is 0 Å². The van der Waals surface area contributed by atoms with Crippen LogP contribution in [-0.4, -0.2) is 37.2 Å². The summed E-state index contributed by atoms with van der Waals surface area (Å²) in [4.78, 5) is 22.4. The summed E-state index contributed by atoms with van der Waals surface area (Å²) in [6.07, 6.45) is -2.26. The van der Waals surface area contributed by atoms with Crippen molar-refractivity contribution in [2.24, 2.45) is 0 Å². The van der Waals surface area contributed by atoms with Crippen LogP contribution in [0.2, 0.25) is 0 Å². The van der Waals surface area contributed by atoms with Crippen molar-refractivity contribution in [2.75, 3.05) is 6.61 Å². The summed E-state index contributed by atoms with van der Waals surface area (Å²) in [6, 6.07) is 5.84. The molecule has 3 aliphatic heterocycles. The fraction of sp³-hybridized carbons (Fsp3) is 0.467. The van der Waals surface area contributed by atoms with Crippen LogP contribution in [0.15, 0.2) is 18.2 Å². The lowest BCUT2D eigenvalue weighted by molar-refractivity contribution is 0.0185. The summed E-state index contributed by atoms with van der Waals surface area (Å²) in [7, 11) is 0. The molecule has 5 atom stereocenters. The van der Waals surface area contributed by atoms with Crippen molar-refractivity contribution in [1.82, 2.24) is 0 Å². The van der Waals surface area contributed by atoms with Crippen LogP contribution in [0.5, 0.6) is 0 Å². The second kappa shape index (κ2) is 4.13. The maximum atomic E-state index is 11.2. The Bertz CT molecular complexity index is 684. The molecule has 0 spiro atoms. The first-order valence-electron chi connectivity index (χ1n) is 7.18. The molecule has 0 bridgehead atoms. The van der Waals surface area contributed by atoms with Crippen molar-refractivity contribution in [3.05, 3.63) is 34.9 Å². The third-order valence-electron chi connectivity index (χ3n) is 4.62. The summed E-state index contributed by atoms with van der Waals surface area (Å²) in [5.74, 6) is 0. The lowest BCUT2D eigenvalue weighted by atomic mass is 9.98. The van der Waals surface area contributed by atoms with E-state index in [0.717, 1.165) is 16.7 Å². The molecule has 1 aliphatic carbocycles. The largest absolute Gasteiger partial charge is 0.509 e. The van der Waals surface area contributed by atoms with Crippen molar-refractivity contribution < 1.29 is 33.3 Å². The molecule has 4 aliphatic rings. The number of benzene rings is 1. The Kier molecular flexibility index (Phi) is 2.31. The third kappa shape index (κ3) is 1.60. The van der Waals surface area contributed by atoms with Gasteiger partial charge in [-0.3, -0.25) is 0 Å². The van der Waals surface area contributed by atoms with E-state index in [1.54, 1.807) is 0 Å². The standard InChI is InChI=1S/C15H12O7/c16-14-19-9-4-7-3-6(1-2-8(7)12(9)21-14)11-13-10(5-18-11)20-15(17)22-13/h1-3,9-13H,4-5H2. The number of hydrogen-bond donors (Lipinski definition) is 0. The maximum Gasteiger partial charge on any atom is 0.509 e. The van der Waals surface area contributed by atoms with Gasteiger partial charge in [-0.25, -0.2) is 9.59 Å². The number of hydrogen-bond acceptors (Lipinski definition) is 7. The highest BCUT2D eigenvalue weighted by molar-refractivity contribution is 5.65. The molecule has 1 aromatic carbocycles. The highest BCUT2D eigenvalue weighted by Gasteiger charge is 2.49. The predicted molar refractivity (Wildman–Crippen MR) is 68.1 cm³/mol. The smallest absolute Gasteiger partial charge is 0.426 e. The molecule has 5 unspecified atom stereocenters. The van der Waals surface area contributed by atoms with Crippen molar-refractivity contribution in [3.63, 3.8) is 0 Å². The van der Waals surface area contributed by atoms with Crippen molar-refractivity contribution >= 4 is 12.3 Å². The van der Waals surface area contributed by atoms with E-state index in [2.05, 4.69) is 0 Å². The van der Waals surface area contributed by atoms with Crippen molar-refractivity contribution in [2.45, 2.75) is 36.9 Å². The van der Waals surface area contributed by atoms with E-state index in [4.69, 9.17) is 23.7 Å². The van der Waals surface area contributed by atoms with Crippen molar-refractivity contribution in [3.8, 4) is 0 Å². The fourth-order valence-electron chi connectivity index (χ4n) is 3.65. The highest BCUT2D eigenvalue weighted by Crippen LogP contribution is 2.43. The summed E-state index contributed by atoms with van der Waals surface area (Å²) >= 11 is 0. The highest BCUT2D eigenvalue weighted by atomic mass is 16.8. The van der Waals surface area contributed by atoms with Gasteiger partial charge in [0.1, 0.15) is 6.10 Å². The molecule has 114 valence electrons. The molecular weight excluding hydrogens is 292 g/mol. The molecule has 22 heavy (non-hydrogen) atoms. The predicted octanol–water partition coefficient (Wildman–Crippen LogP) is 1.79. The first-order chi connectivity index (χ1) is 10.7. The minimum absolute atomic E-state index is 0.248. The van der Waals surface area contributed by atoms with Gasteiger partial charge in [0.15, 0.2) is 24.4 Å².